The van der Waals surface area contributed by atoms with Crippen molar-refractivity contribution in [3.63, 3.8) is 0 Å². The number of rotatable bonds is 3. The van der Waals surface area contributed by atoms with E-state index in [0.29, 0.717) is 18.0 Å². The molecule has 0 fully saturated rings. The maximum atomic E-state index is 13.1. The molecule has 0 radical (unpaired) electrons. The molecule has 104 valence electrons. The lowest BCUT2D eigenvalue weighted by atomic mass is 10.1. The zero-order chi connectivity index (χ0) is 14.1. The Morgan fingerprint density at radius 3 is 2.95 bits per heavy atom. The molecule has 0 spiro atoms. The summed E-state index contributed by atoms with van der Waals surface area (Å²) in [5.74, 6) is 0.552. The van der Waals surface area contributed by atoms with Crippen LogP contribution < -0.4 is 10.1 Å². The number of fused-ring (bicyclic) bond motifs is 1. The second kappa shape index (κ2) is 5.33. The second-order valence-corrected chi connectivity index (χ2v) is 5.47. The van der Waals surface area contributed by atoms with Gasteiger partial charge in [-0.1, -0.05) is 17.7 Å². The van der Waals surface area contributed by atoms with E-state index >= 15 is 0 Å². The first kappa shape index (κ1) is 13.3. The topological polar surface area (TPSA) is 21.3 Å². The van der Waals surface area contributed by atoms with E-state index in [1.54, 1.807) is 6.07 Å². The van der Waals surface area contributed by atoms with Crippen molar-refractivity contribution in [2.45, 2.75) is 19.4 Å². The molecule has 3 rings (SSSR count). The van der Waals surface area contributed by atoms with E-state index < -0.39 is 0 Å². The van der Waals surface area contributed by atoms with Crippen LogP contribution in [0.5, 0.6) is 5.75 Å². The number of hydrogen-bond acceptors (Lipinski definition) is 2. The van der Waals surface area contributed by atoms with Gasteiger partial charge in [-0.15, -0.1) is 0 Å². The number of anilines is 1. The third kappa shape index (κ3) is 2.73. The first-order chi connectivity index (χ1) is 9.61. The van der Waals surface area contributed by atoms with Gasteiger partial charge in [-0.3, -0.25) is 0 Å². The largest absolute Gasteiger partial charge is 0.488 e. The van der Waals surface area contributed by atoms with Crippen LogP contribution in [0.15, 0.2) is 36.4 Å². The lowest BCUT2D eigenvalue weighted by molar-refractivity contribution is 0.246. The van der Waals surface area contributed by atoms with Crippen LogP contribution in [-0.4, -0.2) is 12.6 Å². The Labute approximate surface area is 122 Å². The molecule has 1 N–H and O–H groups in total. The molecule has 0 aliphatic carbocycles. The summed E-state index contributed by atoms with van der Waals surface area (Å²) in [7, 11) is 0. The molecule has 0 aromatic heterocycles. The third-order valence-electron chi connectivity index (χ3n) is 3.41. The molecule has 1 unspecified atom stereocenters. The Hall–Kier alpha value is -1.74. The number of ether oxygens (including phenoxy) is 1. The summed E-state index contributed by atoms with van der Waals surface area (Å²) in [6, 6.07) is 10.5. The number of aryl methyl sites for hydroxylation is 1. The summed E-state index contributed by atoms with van der Waals surface area (Å²) in [5, 5.41) is 3.98. The molecular weight excluding hydrogens is 277 g/mol. The van der Waals surface area contributed by atoms with Gasteiger partial charge in [0, 0.05) is 12.0 Å². The molecule has 1 heterocycles. The van der Waals surface area contributed by atoms with Crippen molar-refractivity contribution in [3.05, 3.63) is 58.4 Å². The van der Waals surface area contributed by atoms with E-state index in [9.17, 15) is 4.39 Å². The number of halogens is 2. The Morgan fingerprint density at radius 1 is 1.30 bits per heavy atom. The van der Waals surface area contributed by atoms with E-state index in [2.05, 4.69) is 5.32 Å². The fraction of sp³-hybridized carbons (Fsp3) is 0.250. The molecule has 1 aliphatic rings. The highest BCUT2D eigenvalue weighted by Crippen LogP contribution is 2.30. The van der Waals surface area contributed by atoms with Crippen molar-refractivity contribution in [2.75, 3.05) is 11.9 Å². The van der Waals surface area contributed by atoms with Gasteiger partial charge in [0.15, 0.2) is 0 Å². The van der Waals surface area contributed by atoms with E-state index in [0.717, 1.165) is 22.6 Å². The van der Waals surface area contributed by atoms with Crippen LogP contribution in [0, 0.1) is 12.7 Å². The monoisotopic (exact) mass is 291 g/mol. The maximum Gasteiger partial charge on any atom is 0.123 e. The second-order valence-electron chi connectivity index (χ2n) is 5.06. The van der Waals surface area contributed by atoms with Crippen molar-refractivity contribution < 1.29 is 9.13 Å². The molecule has 20 heavy (non-hydrogen) atoms. The van der Waals surface area contributed by atoms with Gasteiger partial charge < -0.3 is 10.1 Å². The molecule has 0 saturated heterocycles. The molecule has 1 atom stereocenters. The first-order valence-corrected chi connectivity index (χ1v) is 6.95. The van der Waals surface area contributed by atoms with Crippen LogP contribution in [0.4, 0.5) is 10.1 Å². The van der Waals surface area contributed by atoms with Crippen LogP contribution >= 0.6 is 11.6 Å². The van der Waals surface area contributed by atoms with Gasteiger partial charge in [0.2, 0.25) is 0 Å². The molecule has 2 nitrogen and oxygen atoms in total. The molecular formula is C16H15ClFNO. The van der Waals surface area contributed by atoms with Crippen LogP contribution in [-0.2, 0) is 6.42 Å². The van der Waals surface area contributed by atoms with Crippen LogP contribution in [0.1, 0.15) is 11.1 Å². The minimum absolute atomic E-state index is 0.00386. The highest BCUT2D eigenvalue weighted by atomic mass is 35.5. The lowest BCUT2D eigenvalue weighted by Crippen LogP contribution is -2.24. The minimum Gasteiger partial charge on any atom is -0.488 e. The summed E-state index contributed by atoms with van der Waals surface area (Å²) in [4.78, 5) is 0. The van der Waals surface area contributed by atoms with Gasteiger partial charge in [0.1, 0.15) is 17.7 Å². The number of hydrogen-bond donors (Lipinski definition) is 1. The van der Waals surface area contributed by atoms with E-state index in [1.807, 2.05) is 25.1 Å². The average molecular weight is 292 g/mol. The Balaban J connectivity index is 1.63. The van der Waals surface area contributed by atoms with Gasteiger partial charge in [0.25, 0.3) is 0 Å². The van der Waals surface area contributed by atoms with Gasteiger partial charge in [-0.05, 0) is 42.8 Å². The van der Waals surface area contributed by atoms with Gasteiger partial charge >= 0.3 is 0 Å². The molecule has 0 amide bonds. The van der Waals surface area contributed by atoms with Gasteiger partial charge in [-0.25, -0.2) is 4.39 Å². The number of nitrogens with one attached hydrogen (secondary N) is 1. The predicted molar refractivity (Wildman–Crippen MR) is 79.2 cm³/mol. The highest BCUT2D eigenvalue weighted by molar-refractivity contribution is 6.33. The highest BCUT2D eigenvalue weighted by Gasteiger charge is 2.23. The van der Waals surface area contributed by atoms with Crippen molar-refractivity contribution >= 4 is 17.3 Å². The van der Waals surface area contributed by atoms with E-state index in [-0.39, 0.29) is 11.9 Å². The van der Waals surface area contributed by atoms with Crippen molar-refractivity contribution in [1.29, 1.82) is 0 Å². The zero-order valence-corrected chi connectivity index (χ0v) is 11.9. The van der Waals surface area contributed by atoms with E-state index in [4.69, 9.17) is 16.3 Å². The Morgan fingerprint density at radius 2 is 2.15 bits per heavy atom. The Bertz CT molecular complexity index is 644. The van der Waals surface area contributed by atoms with Gasteiger partial charge in [-0.2, -0.15) is 0 Å². The fourth-order valence-electron chi connectivity index (χ4n) is 2.39. The summed E-state index contributed by atoms with van der Waals surface area (Å²) < 4.78 is 18.9. The normalized spacial score (nSPS) is 16.6. The minimum atomic E-state index is -0.220. The van der Waals surface area contributed by atoms with Crippen LogP contribution in [0.25, 0.3) is 0 Å². The molecule has 0 saturated carbocycles. The standard InChI is InChI=1S/C16H15ClFNO/c1-10-2-4-15(14(17)6-10)19-9-13-8-11-7-12(18)3-5-16(11)20-13/h2-7,13,19H,8-9H2,1H3. The summed E-state index contributed by atoms with van der Waals surface area (Å²) in [6.45, 7) is 2.64. The van der Waals surface area contributed by atoms with Crippen molar-refractivity contribution in [3.8, 4) is 5.75 Å². The van der Waals surface area contributed by atoms with E-state index in [1.165, 1.54) is 12.1 Å². The summed E-state index contributed by atoms with van der Waals surface area (Å²) in [5.41, 5.74) is 2.94. The summed E-state index contributed by atoms with van der Waals surface area (Å²) in [6.07, 6.45) is 0.716. The zero-order valence-electron chi connectivity index (χ0n) is 11.1. The quantitative estimate of drug-likeness (QED) is 0.915. The van der Waals surface area contributed by atoms with Crippen molar-refractivity contribution in [2.24, 2.45) is 0 Å². The fourth-order valence-corrected chi connectivity index (χ4v) is 2.69. The average Bonchev–Trinajstić information content (AvgIpc) is 2.79. The van der Waals surface area contributed by atoms with Crippen molar-refractivity contribution in [1.82, 2.24) is 0 Å². The summed E-state index contributed by atoms with van der Waals surface area (Å²) >= 11 is 6.17. The SMILES string of the molecule is Cc1ccc(NCC2Cc3cc(F)ccc3O2)c(Cl)c1. The predicted octanol–water partition coefficient (Wildman–Crippen LogP) is 4.20. The Kier molecular flexibility index (Phi) is 3.53. The number of benzene rings is 2. The molecule has 4 heteroatoms. The van der Waals surface area contributed by atoms with Crippen LogP contribution in [0.2, 0.25) is 5.02 Å². The molecule has 0 bridgehead atoms. The molecule has 2 aromatic carbocycles. The molecule has 1 aliphatic heterocycles. The maximum absolute atomic E-state index is 13.1. The smallest absolute Gasteiger partial charge is 0.123 e. The van der Waals surface area contributed by atoms with Gasteiger partial charge in [0.05, 0.1) is 17.3 Å². The van der Waals surface area contributed by atoms with Crippen LogP contribution in [0.3, 0.4) is 0 Å². The third-order valence-corrected chi connectivity index (χ3v) is 3.72. The lowest BCUT2D eigenvalue weighted by Gasteiger charge is -2.14. The molecule has 2 aromatic rings. The first-order valence-electron chi connectivity index (χ1n) is 6.57.